The van der Waals surface area contributed by atoms with Gasteiger partial charge in [-0.2, -0.15) is 8.78 Å². The van der Waals surface area contributed by atoms with Crippen molar-refractivity contribution < 1.29 is 27.2 Å². The van der Waals surface area contributed by atoms with Crippen LogP contribution in [0.3, 0.4) is 0 Å². The summed E-state index contributed by atoms with van der Waals surface area (Å²) >= 11 is 5.43. The molecule has 1 rings (SSSR count). The average Bonchev–Trinajstić information content (AvgIpc) is 2.70. The van der Waals surface area contributed by atoms with Crippen LogP contribution in [-0.2, 0) is 9.59 Å². The molecule has 0 aromatic heterocycles. The number of carbonyl (C=O) groups excluding carboxylic acids is 2. The molecule has 0 aromatic carbocycles. The van der Waals surface area contributed by atoms with Gasteiger partial charge >= 0.3 is 12.3 Å². The smallest absolute Gasteiger partial charge is 0.347 e. The summed E-state index contributed by atoms with van der Waals surface area (Å²) in [4.78, 5) is 22.9. The van der Waals surface area contributed by atoms with E-state index in [1.165, 1.54) is 6.92 Å². The first-order chi connectivity index (χ1) is 8.66. The number of alkyl halides is 5. The Balaban J connectivity index is 2.82. The monoisotopic (exact) mass is 303 g/mol. The van der Waals surface area contributed by atoms with Gasteiger partial charge in [-0.1, -0.05) is 13.3 Å². The van der Waals surface area contributed by atoms with E-state index in [0.717, 1.165) is 0 Å². The highest BCUT2D eigenvalue weighted by atomic mass is 35.5. The summed E-state index contributed by atoms with van der Waals surface area (Å²) in [7, 11) is 0. The van der Waals surface area contributed by atoms with E-state index in [9.17, 15) is 27.2 Å². The second-order valence-corrected chi connectivity index (χ2v) is 5.08. The Kier molecular flexibility index (Phi) is 4.81. The number of carbonyl (C=O) groups is 2. The Hall–Kier alpha value is -0.850. The van der Waals surface area contributed by atoms with Crippen LogP contribution in [0.15, 0.2) is 0 Å². The summed E-state index contributed by atoms with van der Waals surface area (Å²) in [5, 5.41) is 1.86. The average molecular weight is 304 g/mol. The number of halogens is 5. The maximum atomic E-state index is 12.9. The van der Waals surface area contributed by atoms with Crippen LogP contribution in [-0.4, -0.2) is 36.0 Å². The molecule has 0 bridgehead atoms. The topological polar surface area (TPSA) is 46.2 Å². The molecule has 1 aliphatic carbocycles. The number of rotatable bonds is 5. The number of hydrogen-bond donors (Lipinski definition) is 1. The minimum atomic E-state index is -4.76. The van der Waals surface area contributed by atoms with Gasteiger partial charge < -0.3 is 5.32 Å². The molecule has 0 spiro atoms. The molecule has 0 aliphatic heterocycles. The molecule has 0 aromatic rings. The maximum Gasteiger partial charge on any atom is 0.383 e. The standard InChI is InChI=1S/C11H14ClF4NO2/c1-10(7(18)5-12)4-2-3-6(10)17-9(19)11(15,16)8(13)14/h6,8H,2-5H2,1H3,(H,17,19). The van der Waals surface area contributed by atoms with Gasteiger partial charge in [-0.3, -0.25) is 9.59 Å². The van der Waals surface area contributed by atoms with Crippen molar-refractivity contribution in [3.8, 4) is 0 Å². The van der Waals surface area contributed by atoms with E-state index in [-0.39, 0.29) is 12.3 Å². The van der Waals surface area contributed by atoms with Gasteiger partial charge in [0.15, 0.2) is 5.78 Å². The van der Waals surface area contributed by atoms with Crippen molar-refractivity contribution in [1.29, 1.82) is 0 Å². The zero-order valence-corrected chi connectivity index (χ0v) is 10.9. The molecule has 2 atom stereocenters. The quantitative estimate of drug-likeness (QED) is 0.626. The Morgan fingerprint density at radius 2 is 2.05 bits per heavy atom. The van der Waals surface area contributed by atoms with Crippen LogP contribution in [0.25, 0.3) is 0 Å². The zero-order valence-electron chi connectivity index (χ0n) is 10.2. The SMILES string of the molecule is CC1(C(=O)CCl)CCCC1NC(=O)C(F)(F)C(F)F. The Morgan fingerprint density at radius 1 is 1.47 bits per heavy atom. The van der Waals surface area contributed by atoms with Crippen LogP contribution in [0.5, 0.6) is 0 Å². The summed E-state index contributed by atoms with van der Waals surface area (Å²) in [5.41, 5.74) is -1.07. The van der Waals surface area contributed by atoms with E-state index in [0.29, 0.717) is 12.8 Å². The number of hydrogen-bond acceptors (Lipinski definition) is 2. The summed E-state index contributed by atoms with van der Waals surface area (Å²) in [6.45, 7) is 1.50. The predicted molar refractivity (Wildman–Crippen MR) is 60.6 cm³/mol. The molecule has 1 amide bonds. The van der Waals surface area contributed by atoms with Crippen molar-refractivity contribution in [2.75, 3.05) is 5.88 Å². The van der Waals surface area contributed by atoms with Crippen molar-refractivity contribution in [2.24, 2.45) is 5.41 Å². The summed E-state index contributed by atoms with van der Waals surface area (Å²) in [6, 6.07) is -0.893. The molecule has 2 unspecified atom stereocenters. The minimum absolute atomic E-state index is 0.282. The Bertz CT molecular complexity index is 378. The van der Waals surface area contributed by atoms with Gasteiger partial charge in [0.2, 0.25) is 0 Å². The molecule has 110 valence electrons. The van der Waals surface area contributed by atoms with Crippen LogP contribution in [0.4, 0.5) is 17.6 Å². The van der Waals surface area contributed by atoms with Gasteiger partial charge in [-0.25, -0.2) is 8.78 Å². The lowest BCUT2D eigenvalue weighted by Crippen LogP contribution is -2.54. The van der Waals surface area contributed by atoms with Crippen LogP contribution in [0.2, 0.25) is 0 Å². The van der Waals surface area contributed by atoms with Gasteiger partial charge in [0, 0.05) is 11.5 Å². The van der Waals surface area contributed by atoms with Gasteiger partial charge in [-0.15, -0.1) is 11.6 Å². The summed E-state index contributed by atoms with van der Waals surface area (Å²) in [6.07, 6.45) is -2.89. The fourth-order valence-corrected chi connectivity index (χ4v) is 2.54. The van der Waals surface area contributed by atoms with Crippen molar-refractivity contribution in [1.82, 2.24) is 5.32 Å². The van der Waals surface area contributed by atoms with Crippen LogP contribution in [0.1, 0.15) is 26.2 Å². The Morgan fingerprint density at radius 3 is 2.53 bits per heavy atom. The lowest BCUT2D eigenvalue weighted by molar-refractivity contribution is -0.170. The van der Waals surface area contributed by atoms with E-state index in [1.54, 1.807) is 0 Å². The predicted octanol–water partition coefficient (Wildman–Crippen LogP) is 2.37. The fourth-order valence-electron chi connectivity index (χ4n) is 2.24. The van der Waals surface area contributed by atoms with Crippen molar-refractivity contribution in [3.63, 3.8) is 0 Å². The molecular weight excluding hydrogens is 290 g/mol. The van der Waals surface area contributed by atoms with Gasteiger partial charge in [-0.05, 0) is 12.8 Å². The van der Waals surface area contributed by atoms with Gasteiger partial charge in [0.25, 0.3) is 5.91 Å². The molecule has 0 heterocycles. The molecule has 8 heteroatoms. The third-order valence-corrected chi connectivity index (χ3v) is 3.84. The molecule has 0 radical (unpaired) electrons. The second kappa shape index (κ2) is 5.64. The molecule has 1 N–H and O–H groups in total. The normalized spacial score (nSPS) is 27.6. The van der Waals surface area contributed by atoms with Crippen molar-refractivity contribution in [2.45, 2.75) is 44.6 Å². The third kappa shape index (κ3) is 3.01. The summed E-state index contributed by atoms with van der Waals surface area (Å²) in [5.74, 6) is -7.51. The number of Topliss-reactive ketones (excluding diaryl/α,β-unsaturated/α-hetero) is 1. The highest BCUT2D eigenvalue weighted by Gasteiger charge is 2.52. The summed E-state index contributed by atoms with van der Waals surface area (Å²) < 4.78 is 49.8. The van der Waals surface area contributed by atoms with Gasteiger partial charge in [0.1, 0.15) is 0 Å². The number of ketones is 1. The number of nitrogens with one attached hydrogen (secondary N) is 1. The van der Waals surface area contributed by atoms with Crippen LogP contribution in [0, 0.1) is 5.41 Å². The van der Waals surface area contributed by atoms with E-state index in [1.807, 2.05) is 5.32 Å². The Labute approximate surface area is 112 Å². The highest BCUT2D eigenvalue weighted by Crippen LogP contribution is 2.39. The number of amides is 1. The minimum Gasteiger partial charge on any atom is -0.347 e. The zero-order chi connectivity index (χ0) is 14.8. The first-order valence-corrected chi connectivity index (χ1v) is 6.26. The third-order valence-electron chi connectivity index (χ3n) is 3.60. The molecule has 1 fully saturated rings. The second-order valence-electron chi connectivity index (χ2n) is 4.82. The van der Waals surface area contributed by atoms with Gasteiger partial charge in [0.05, 0.1) is 5.88 Å². The molecule has 1 saturated carbocycles. The molecular formula is C11H14ClF4NO2. The largest absolute Gasteiger partial charge is 0.383 e. The first kappa shape index (κ1) is 16.2. The van der Waals surface area contributed by atoms with E-state index >= 15 is 0 Å². The highest BCUT2D eigenvalue weighted by molar-refractivity contribution is 6.28. The molecule has 0 saturated heterocycles. The lowest BCUT2D eigenvalue weighted by Gasteiger charge is -2.31. The van der Waals surface area contributed by atoms with Crippen LogP contribution < -0.4 is 5.32 Å². The van der Waals surface area contributed by atoms with E-state index in [4.69, 9.17) is 11.6 Å². The van der Waals surface area contributed by atoms with Crippen LogP contribution >= 0.6 is 11.6 Å². The molecule has 1 aliphatic rings. The first-order valence-electron chi connectivity index (χ1n) is 5.72. The lowest BCUT2D eigenvalue weighted by atomic mass is 9.81. The van der Waals surface area contributed by atoms with E-state index in [2.05, 4.69) is 0 Å². The van der Waals surface area contributed by atoms with Crippen molar-refractivity contribution >= 4 is 23.3 Å². The fraction of sp³-hybridized carbons (Fsp3) is 0.818. The van der Waals surface area contributed by atoms with E-state index < -0.39 is 35.5 Å². The van der Waals surface area contributed by atoms with Crippen molar-refractivity contribution in [3.05, 3.63) is 0 Å². The molecule has 3 nitrogen and oxygen atoms in total. The maximum absolute atomic E-state index is 12.9. The molecule has 19 heavy (non-hydrogen) atoms.